The maximum absolute atomic E-state index is 6.08. The van der Waals surface area contributed by atoms with Crippen LogP contribution >= 0.6 is 62.5 Å². The van der Waals surface area contributed by atoms with Crippen LogP contribution in [0.2, 0.25) is 15.1 Å². The molecule has 0 bridgehead atoms. The van der Waals surface area contributed by atoms with Gasteiger partial charge >= 0.3 is 0 Å². The Bertz CT molecular complexity index is 562. The van der Waals surface area contributed by atoms with Crippen LogP contribution in [0.5, 0.6) is 0 Å². The topological polar surface area (TPSA) is 12.9 Å². The smallest absolute Gasteiger partial charge is 0.119 e. The molecule has 17 heavy (non-hydrogen) atoms. The van der Waals surface area contributed by atoms with Gasteiger partial charge < -0.3 is 0 Å². The summed E-state index contributed by atoms with van der Waals surface area (Å²) in [5.41, 5.74) is 0. The van der Waals surface area contributed by atoms with Crippen molar-refractivity contribution in [2.24, 2.45) is 0 Å². The Labute approximate surface area is 127 Å². The first-order valence-electron chi connectivity index (χ1n) is 4.50. The molecule has 0 atom stereocenters. The molecule has 0 fully saturated rings. The molecule has 0 saturated carbocycles. The minimum atomic E-state index is 0.570. The van der Waals surface area contributed by atoms with Crippen LogP contribution in [0.3, 0.4) is 0 Å². The number of benzene rings is 1. The molecule has 6 heteroatoms. The first-order chi connectivity index (χ1) is 8.06. The lowest BCUT2D eigenvalue weighted by molar-refractivity contribution is 1.12. The van der Waals surface area contributed by atoms with Gasteiger partial charge in [0.1, 0.15) is 5.03 Å². The fourth-order valence-electron chi connectivity index (χ4n) is 1.14. The third kappa shape index (κ3) is 3.52. The van der Waals surface area contributed by atoms with Gasteiger partial charge in [0, 0.05) is 20.6 Å². The molecule has 0 unspecified atom stereocenters. The average molecular weight is 369 g/mol. The van der Waals surface area contributed by atoms with Crippen molar-refractivity contribution in [3.8, 4) is 0 Å². The van der Waals surface area contributed by atoms with Crippen molar-refractivity contribution in [3.05, 3.63) is 50.0 Å². The highest BCUT2D eigenvalue weighted by Crippen LogP contribution is 2.37. The third-order valence-electron chi connectivity index (χ3n) is 1.87. The van der Waals surface area contributed by atoms with Crippen LogP contribution in [-0.4, -0.2) is 4.98 Å². The van der Waals surface area contributed by atoms with Gasteiger partial charge in [-0.15, -0.1) is 0 Å². The highest BCUT2D eigenvalue weighted by molar-refractivity contribution is 9.10. The maximum Gasteiger partial charge on any atom is 0.119 e. The summed E-state index contributed by atoms with van der Waals surface area (Å²) in [6.45, 7) is 0. The fraction of sp³-hybridized carbons (Fsp3) is 0. The van der Waals surface area contributed by atoms with E-state index >= 15 is 0 Å². The minimum absolute atomic E-state index is 0.570. The maximum atomic E-state index is 6.08. The average Bonchev–Trinajstić information content (AvgIpc) is 2.27. The lowest BCUT2D eigenvalue weighted by Gasteiger charge is -2.05. The highest BCUT2D eigenvalue weighted by Gasteiger charge is 2.08. The molecule has 0 radical (unpaired) electrons. The van der Waals surface area contributed by atoms with Gasteiger partial charge in [0.2, 0.25) is 0 Å². The predicted octanol–water partition coefficient (Wildman–Crippen LogP) is 5.96. The molecule has 2 aromatic rings. The Morgan fingerprint density at radius 3 is 2.53 bits per heavy atom. The van der Waals surface area contributed by atoms with Crippen LogP contribution in [0.15, 0.2) is 44.9 Å². The molecule has 0 amide bonds. The predicted molar refractivity (Wildman–Crippen MR) is 77.5 cm³/mol. The Balaban J connectivity index is 2.34. The van der Waals surface area contributed by atoms with Gasteiger partial charge in [-0.1, -0.05) is 46.6 Å². The number of hydrogen-bond donors (Lipinski definition) is 0. The Morgan fingerprint density at radius 2 is 1.82 bits per heavy atom. The van der Waals surface area contributed by atoms with E-state index in [1.165, 1.54) is 11.8 Å². The van der Waals surface area contributed by atoms with Crippen molar-refractivity contribution in [1.82, 2.24) is 4.98 Å². The van der Waals surface area contributed by atoms with E-state index in [-0.39, 0.29) is 0 Å². The number of hydrogen-bond acceptors (Lipinski definition) is 2. The zero-order valence-electron chi connectivity index (χ0n) is 8.25. The number of nitrogens with zero attached hydrogens (tertiary/aromatic N) is 1. The third-order valence-corrected chi connectivity index (χ3v) is 4.46. The van der Waals surface area contributed by atoms with E-state index in [0.29, 0.717) is 20.1 Å². The molecule has 0 aliphatic carbocycles. The molecular formula is C11H5BrCl3NS. The van der Waals surface area contributed by atoms with Crippen LogP contribution in [-0.2, 0) is 0 Å². The van der Waals surface area contributed by atoms with Crippen LogP contribution in [0.1, 0.15) is 0 Å². The Hall–Kier alpha value is 0.0700. The summed E-state index contributed by atoms with van der Waals surface area (Å²) in [5, 5.41) is 2.52. The van der Waals surface area contributed by atoms with Gasteiger partial charge in [0.05, 0.1) is 10.0 Å². The van der Waals surface area contributed by atoms with E-state index in [2.05, 4.69) is 20.9 Å². The van der Waals surface area contributed by atoms with Gasteiger partial charge in [-0.25, -0.2) is 4.98 Å². The van der Waals surface area contributed by atoms with Crippen LogP contribution in [0.25, 0.3) is 0 Å². The van der Waals surface area contributed by atoms with Crippen molar-refractivity contribution in [3.63, 3.8) is 0 Å². The molecule has 2 rings (SSSR count). The highest BCUT2D eigenvalue weighted by atomic mass is 79.9. The lowest BCUT2D eigenvalue weighted by atomic mass is 10.4. The molecule has 0 aliphatic rings. The van der Waals surface area contributed by atoms with E-state index in [0.717, 1.165) is 9.37 Å². The van der Waals surface area contributed by atoms with Crippen molar-refractivity contribution < 1.29 is 0 Å². The standard InChI is InChI=1S/C11H5BrCl3NS/c12-6-3-9(15)11(16-5-6)17-10-4-7(13)1-2-8(10)14/h1-5H. The van der Waals surface area contributed by atoms with E-state index in [4.69, 9.17) is 34.8 Å². The van der Waals surface area contributed by atoms with E-state index in [1.807, 2.05) is 0 Å². The molecule has 0 spiro atoms. The summed E-state index contributed by atoms with van der Waals surface area (Å²) in [4.78, 5) is 5.06. The summed E-state index contributed by atoms with van der Waals surface area (Å²) in [6, 6.07) is 7.06. The number of pyridine rings is 1. The zero-order chi connectivity index (χ0) is 12.4. The first kappa shape index (κ1) is 13.5. The van der Waals surface area contributed by atoms with Crippen molar-refractivity contribution >= 4 is 62.5 Å². The monoisotopic (exact) mass is 367 g/mol. The zero-order valence-corrected chi connectivity index (χ0v) is 12.9. The van der Waals surface area contributed by atoms with Gasteiger partial charge in [0.15, 0.2) is 0 Å². The molecule has 1 aromatic heterocycles. The second kappa shape index (κ2) is 5.81. The molecule has 88 valence electrons. The summed E-state index contributed by atoms with van der Waals surface area (Å²) in [6.07, 6.45) is 1.69. The first-order valence-corrected chi connectivity index (χ1v) is 7.24. The minimum Gasteiger partial charge on any atom is -0.247 e. The summed E-state index contributed by atoms with van der Waals surface area (Å²) in [7, 11) is 0. The van der Waals surface area contributed by atoms with Crippen LogP contribution < -0.4 is 0 Å². The largest absolute Gasteiger partial charge is 0.247 e. The number of halogens is 4. The van der Waals surface area contributed by atoms with Gasteiger partial charge in [-0.05, 0) is 40.2 Å². The molecule has 1 heterocycles. The molecule has 0 saturated heterocycles. The second-order valence-corrected chi connectivity index (χ2v) is 6.31. The summed E-state index contributed by atoms with van der Waals surface area (Å²) < 4.78 is 0.837. The van der Waals surface area contributed by atoms with Crippen LogP contribution in [0.4, 0.5) is 0 Å². The van der Waals surface area contributed by atoms with E-state index in [9.17, 15) is 0 Å². The van der Waals surface area contributed by atoms with Gasteiger partial charge in [-0.3, -0.25) is 0 Å². The molecule has 0 N–H and O–H groups in total. The Morgan fingerprint density at radius 1 is 1.06 bits per heavy atom. The van der Waals surface area contributed by atoms with E-state index < -0.39 is 0 Å². The fourth-order valence-corrected chi connectivity index (χ4v) is 3.17. The van der Waals surface area contributed by atoms with Crippen molar-refractivity contribution in [1.29, 1.82) is 0 Å². The Kier molecular flexibility index (Phi) is 4.61. The van der Waals surface area contributed by atoms with Crippen LogP contribution in [0, 0.1) is 0 Å². The lowest BCUT2D eigenvalue weighted by Crippen LogP contribution is -1.83. The molecule has 0 aliphatic heterocycles. The number of aromatic nitrogens is 1. The normalized spacial score (nSPS) is 10.6. The molecule has 1 aromatic carbocycles. The SMILES string of the molecule is Clc1ccc(Cl)c(Sc2ncc(Br)cc2Cl)c1. The summed E-state index contributed by atoms with van der Waals surface area (Å²) in [5.74, 6) is 0. The van der Waals surface area contributed by atoms with E-state index in [1.54, 1.807) is 30.5 Å². The van der Waals surface area contributed by atoms with Gasteiger partial charge in [-0.2, -0.15) is 0 Å². The molecule has 1 nitrogen and oxygen atoms in total. The molecular weight excluding hydrogens is 364 g/mol. The van der Waals surface area contributed by atoms with Crippen molar-refractivity contribution in [2.75, 3.05) is 0 Å². The van der Waals surface area contributed by atoms with Crippen molar-refractivity contribution in [2.45, 2.75) is 9.92 Å². The second-order valence-electron chi connectivity index (χ2n) is 3.12. The quantitative estimate of drug-likeness (QED) is 0.648. The number of rotatable bonds is 2. The summed E-state index contributed by atoms with van der Waals surface area (Å²) >= 11 is 22.8. The van der Waals surface area contributed by atoms with Gasteiger partial charge in [0.25, 0.3) is 0 Å².